The number of amides is 1. The summed E-state index contributed by atoms with van der Waals surface area (Å²) in [4.78, 5) is 20.1. The van der Waals surface area contributed by atoms with Crippen LogP contribution in [0, 0.1) is 5.82 Å². The number of fused-ring (bicyclic) bond motifs is 1. The van der Waals surface area contributed by atoms with Crippen LogP contribution in [0.15, 0.2) is 48.7 Å². The fourth-order valence-corrected chi connectivity index (χ4v) is 2.63. The fourth-order valence-electron chi connectivity index (χ4n) is 2.63. The number of aromatic nitrogens is 4. The van der Waals surface area contributed by atoms with Crippen LogP contribution in [0.5, 0.6) is 5.75 Å². The zero-order valence-corrected chi connectivity index (χ0v) is 13.7. The van der Waals surface area contributed by atoms with Crippen LogP contribution in [-0.2, 0) is 0 Å². The van der Waals surface area contributed by atoms with E-state index < -0.39 is 11.7 Å². The molecule has 4 rings (SSSR count). The largest absolute Gasteiger partial charge is 0.497 e. The highest BCUT2D eigenvalue weighted by atomic mass is 19.1. The summed E-state index contributed by atoms with van der Waals surface area (Å²) < 4.78 is 19.0. The third-order valence-corrected chi connectivity index (χ3v) is 3.92. The summed E-state index contributed by atoms with van der Waals surface area (Å²) in [5.74, 6) is -0.368. The summed E-state index contributed by atoms with van der Waals surface area (Å²) in [5.41, 5.74) is 2.32. The van der Waals surface area contributed by atoms with Gasteiger partial charge in [0.15, 0.2) is 11.5 Å². The van der Waals surface area contributed by atoms with Gasteiger partial charge in [-0.2, -0.15) is 5.10 Å². The lowest BCUT2D eigenvalue weighted by Gasteiger charge is -2.07. The Hall–Kier alpha value is -3.68. The van der Waals surface area contributed by atoms with E-state index in [4.69, 9.17) is 4.74 Å². The molecule has 0 aliphatic carbocycles. The molecule has 0 bridgehead atoms. The Morgan fingerprint density at radius 2 is 2.08 bits per heavy atom. The Morgan fingerprint density at radius 1 is 1.23 bits per heavy atom. The van der Waals surface area contributed by atoms with Crippen molar-refractivity contribution in [1.29, 1.82) is 0 Å². The number of nitrogens with zero attached hydrogens (tertiary/aromatic N) is 2. The minimum atomic E-state index is -0.642. The van der Waals surface area contributed by atoms with Crippen LogP contribution in [0.4, 0.5) is 10.1 Å². The summed E-state index contributed by atoms with van der Waals surface area (Å²) in [6.07, 6.45) is 1.51. The SMILES string of the molecule is COc1ccc(F)c(C(=O)Nc2c[nH]nc2-c2nc3ccccc3[nH]2)c1. The zero-order valence-electron chi connectivity index (χ0n) is 13.7. The number of ether oxygens (including phenoxy) is 1. The molecule has 130 valence electrons. The predicted molar refractivity (Wildman–Crippen MR) is 94.6 cm³/mol. The standard InChI is InChI=1S/C18H14FN5O2/c1-26-10-6-7-12(19)11(8-10)18(25)23-15-9-20-24-16(15)17-21-13-4-2-3-5-14(13)22-17/h2-9H,1H3,(H,20,24)(H,21,22)(H,23,25). The van der Waals surface area contributed by atoms with Crippen molar-refractivity contribution in [2.24, 2.45) is 0 Å². The molecule has 0 saturated heterocycles. The number of rotatable bonds is 4. The van der Waals surface area contributed by atoms with Gasteiger partial charge in [-0.1, -0.05) is 12.1 Å². The number of carbonyl (C=O) groups excluding carboxylic acids is 1. The Bertz CT molecular complexity index is 1070. The normalized spacial score (nSPS) is 10.8. The van der Waals surface area contributed by atoms with Crippen LogP contribution >= 0.6 is 0 Å². The molecular weight excluding hydrogens is 337 g/mol. The van der Waals surface area contributed by atoms with Gasteiger partial charge in [-0.15, -0.1) is 0 Å². The predicted octanol–water partition coefficient (Wildman–Crippen LogP) is 3.35. The maximum Gasteiger partial charge on any atom is 0.258 e. The minimum Gasteiger partial charge on any atom is -0.497 e. The number of imidazole rings is 1. The number of halogens is 1. The van der Waals surface area contributed by atoms with Crippen molar-refractivity contribution in [3.05, 3.63) is 60.0 Å². The lowest BCUT2D eigenvalue weighted by atomic mass is 10.2. The van der Waals surface area contributed by atoms with Crippen molar-refractivity contribution < 1.29 is 13.9 Å². The number of nitrogens with one attached hydrogen (secondary N) is 3. The quantitative estimate of drug-likeness (QED) is 0.525. The molecule has 0 radical (unpaired) electrons. The first-order valence-corrected chi connectivity index (χ1v) is 7.79. The van der Waals surface area contributed by atoms with Crippen molar-refractivity contribution >= 4 is 22.6 Å². The van der Waals surface area contributed by atoms with Gasteiger partial charge in [0.25, 0.3) is 5.91 Å². The van der Waals surface area contributed by atoms with E-state index in [2.05, 4.69) is 25.5 Å². The second-order valence-corrected chi connectivity index (χ2v) is 5.55. The van der Waals surface area contributed by atoms with Gasteiger partial charge < -0.3 is 15.0 Å². The molecule has 0 fully saturated rings. The summed E-state index contributed by atoms with van der Waals surface area (Å²) in [6.45, 7) is 0. The summed E-state index contributed by atoms with van der Waals surface area (Å²) in [6, 6.07) is 11.5. The zero-order chi connectivity index (χ0) is 18.1. The average Bonchev–Trinajstić information content (AvgIpc) is 3.28. The number of para-hydroxylation sites is 2. The van der Waals surface area contributed by atoms with Crippen molar-refractivity contribution in [3.8, 4) is 17.3 Å². The molecule has 4 aromatic rings. The van der Waals surface area contributed by atoms with Gasteiger partial charge in [-0.3, -0.25) is 9.89 Å². The molecule has 1 amide bonds. The van der Waals surface area contributed by atoms with Crippen molar-refractivity contribution in [1.82, 2.24) is 20.2 Å². The van der Waals surface area contributed by atoms with E-state index >= 15 is 0 Å². The molecule has 2 aromatic carbocycles. The Kier molecular flexibility index (Phi) is 3.85. The number of anilines is 1. The molecule has 2 heterocycles. The molecule has 0 atom stereocenters. The fraction of sp³-hybridized carbons (Fsp3) is 0.0556. The van der Waals surface area contributed by atoms with Gasteiger partial charge >= 0.3 is 0 Å². The highest BCUT2D eigenvalue weighted by molar-refractivity contribution is 6.06. The van der Waals surface area contributed by atoms with Gasteiger partial charge in [0.05, 0.1) is 29.4 Å². The molecule has 0 aliphatic rings. The molecule has 0 unspecified atom stereocenters. The Morgan fingerprint density at radius 3 is 2.88 bits per heavy atom. The summed E-state index contributed by atoms with van der Waals surface area (Å²) in [5, 5.41) is 9.48. The number of methoxy groups -OCH3 is 1. The second kappa shape index (κ2) is 6.32. The van der Waals surface area contributed by atoms with E-state index in [9.17, 15) is 9.18 Å². The van der Waals surface area contributed by atoms with Crippen molar-refractivity contribution in [2.75, 3.05) is 12.4 Å². The number of benzene rings is 2. The van der Waals surface area contributed by atoms with Gasteiger partial charge in [0.2, 0.25) is 0 Å². The molecule has 0 saturated carbocycles. The summed E-state index contributed by atoms with van der Waals surface area (Å²) >= 11 is 0. The Labute approximate surface area is 147 Å². The highest BCUT2D eigenvalue weighted by Gasteiger charge is 2.18. The smallest absolute Gasteiger partial charge is 0.258 e. The minimum absolute atomic E-state index is 0.124. The third-order valence-electron chi connectivity index (χ3n) is 3.92. The lowest BCUT2D eigenvalue weighted by Crippen LogP contribution is -2.14. The molecule has 8 heteroatoms. The van der Waals surface area contributed by atoms with Gasteiger partial charge in [0, 0.05) is 6.20 Å². The lowest BCUT2D eigenvalue weighted by molar-refractivity contribution is 0.102. The number of hydrogen-bond donors (Lipinski definition) is 3. The molecule has 3 N–H and O–H groups in total. The molecule has 0 spiro atoms. The van der Waals surface area contributed by atoms with E-state index in [1.165, 1.54) is 31.5 Å². The van der Waals surface area contributed by atoms with Crippen molar-refractivity contribution in [3.63, 3.8) is 0 Å². The monoisotopic (exact) mass is 351 g/mol. The molecular formula is C18H14FN5O2. The van der Waals surface area contributed by atoms with Crippen molar-refractivity contribution in [2.45, 2.75) is 0 Å². The first-order chi connectivity index (χ1) is 12.7. The number of hydrogen-bond acceptors (Lipinski definition) is 4. The number of H-pyrrole nitrogens is 2. The van der Waals surface area contributed by atoms with Crippen LogP contribution in [-0.4, -0.2) is 33.2 Å². The van der Waals surface area contributed by atoms with Crippen LogP contribution in [0.25, 0.3) is 22.6 Å². The molecule has 26 heavy (non-hydrogen) atoms. The van der Waals surface area contributed by atoms with Gasteiger partial charge in [-0.05, 0) is 30.3 Å². The second-order valence-electron chi connectivity index (χ2n) is 5.55. The van der Waals surface area contributed by atoms with Crippen LogP contribution in [0.1, 0.15) is 10.4 Å². The molecule has 7 nitrogen and oxygen atoms in total. The maximum absolute atomic E-state index is 14.0. The van der Waals surface area contributed by atoms with Crippen LogP contribution < -0.4 is 10.1 Å². The Balaban J connectivity index is 1.66. The van der Waals surface area contributed by atoms with Crippen LogP contribution in [0.3, 0.4) is 0 Å². The topological polar surface area (TPSA) is 95.7 Å². The van der Waals surface area contributed by atoms with Crippen LogP contribution in [0.2, 0.25) is 0 Å². The van der Waals surface area contributed by atoms with E-state index in [1.54, 1.807) is 0 Å². The summed E-state index contributed by atoms with van der Waals surface area (Å²) in [7, 11) is 1.45. The third kappa shape index (κ3) is 2.77. The average molecular weight is 351 g/mol. The van der Waals surface area contributed by atoms with Gasteiger partial charge in [0.1, 0.15) is 11.6 Å². The highest BCUT2D eigenvalue weighted by Crippen LogP contribution is 2.26. The first-order valence-electron chi connectivity index (χ1n) is 7.79. The number of carbonyl (C=O) groups is 1. The van der Waals surface area contributed by atoms with E-state index in [0.717, 1.165) is 11.0 Å². The molecule has 2 aromatic heterocycles. The van der Waals surface area contributed by atoms with E-state index in [0.29, 0.717) is 23.0 Å². The molecule has 0 aliphatic heterocycles. The van der Waals surface area contributed by atoms with E-state index in [-0.39, 0.29) is 5.56 Å². The van der Waals surface area contributed by atoms with E-state index in [1.807, 2.05) is 24.3 Å². The number of aromatic amines is 2. The maximum atomic E-state index is 14.0. The first kappa shape index (κ1) is 15.8. The van der Waals surface area contributed by atoms with Gasteiger partial charge in [-0.25, -0.2) is 9.37 Å².